The van der Waals surface area contributed by atoms with Crippen molar-refractivity contribution in [2.24, 2.45) is 5.84 Å². The summed E-state index contributed by atoms with van der Waals surface area (Å²) in [5, 5.41) is 8.31. The van der Waals surface area contributed by atoms with Gasteiger partial charge in [0.25, 0.3) is 0 Å². The molecule has 0 aromatic heterocycles. The van der Waals surface area contributed by atoms with Gasteiger partial charge in [-0.1, -0.05) is 6.58 Å². The number of nitrogens with two attached hydrogens (primary N) is 1. The van der Waals surface area contributed by atoms with E-state index in [9.17, 15) is 0 Å². The summed E-state index contributed by atoms with van der Waals surface area (Å²) in [5.41, 5.74) is 2.05. The molecule has 0 aromatic rings. The Labute approximate surface area is 36.4 Å². The average Bonchev–Trinajstić information content (AvgIpc) is 1.65. The van der Waals surface area contributed by atoms with Crippen molar-refractivity contribution in [2.75, 3.05) is 0 Å². The molecule has 0 spiro atoms. The van der Waals surface area contributed by atoms with Gasteiger partial charge in [-0.25, -0.2) is 5.43 Å². The van der Waals surface area contributed by atoms with Crippen LogP contribution in [0.2, 0.25) is 0 Å². The van der Waals surface area contributed by atoms with Crippen LogP contribution < -0.4 is 11.3 Å². The second kappa shape index (κ2) is 2.84. The molecule has 0 fully saturated rings. The Hall–Kier alpha value is -0.380. The highest BCUT2D eigenvalue weighted by molar-refractivity contribution is 4.72. The SMILES string of the molecule is C=CC(O)NN. The molecule has 0 aromatic carbocycles. The second-order valence-corrected chi connectivity index (χ2v) is 0.847. The second-order valence-electron chi connectivity index (χ2n) is 0.847. The Morgan fingerprint density at radius 2 is 2.50 bits per heavy atom. The minimum absolute atomic E-state index is 0.773. The van der Waals surface area contributed by atoms with Crippen LogP contribution in [0.15, 0.2) is 12.7 Å². The van der Waals surface area contributed by atoms with Crippen LogP contribution in [0.3, 0.4) is 0 Å². The molecular weight excluding hydrogens is 80.0 g/mol. The van der Waals surface area contributed by atoms with E-state index in [0.717, 1.165) is 0 Å². The van der Waals surface area contributed by atoms with Crippen LogP contribution in [-0.2, 0) is 0 Å². The summed E-state index contributed by atoms with van der Waals surface area (Å²) in [4.78, 5) is 0. The van der Waals surface area contributed by atoms with Crippen LogP contribution in [0.5, 0.6) is 0 Å². The van der Waals surface area contributed by atoms with Crippen molar-refractivity contribution in [3.63, 3.8) is 0 Å². The van der Waals surface area contributed by atoms with Gasteiger partial charge in [0.1, 0.15) is 6.23 Å². The minimum Gasteiger partial charge on any atom is -0.374 e. The molecule has 4 N–H and O–H groups in total. The molecule has 3 nitrogen and oxygen atoms in total. The number of hydrogen-bond acceptors (Lipinski definition) is 3. The monoisotopic (exact) mass is 88.1 g/mol. The lowest BCUT2D eigenvalue weighted by molar-refractivity contribution is 0.186. The number of nitrogens with one attached hydrogen (secondary N) is 1. The fraction of sp³-hybridized carbons (Fsp3) is 0.333. The summed E-state index contributed by atoms with van der Waals surface area (Å²) in [6.45, 7) is 3.24. The van der Waals surface area contributed by atoms with Crippen LogP contribution >= 0.6 is 0 Å². The van der Waals surface area contributed by atoms with Gasteiger partial charge in [-0.15, -0.1) is 0 Å². The van der Waals surface area contributed by atoms with E-state index in [1.54, 1.807) is 0 Å². The minimum atomic E-state index is -0.773. The van der Waals surface area contributed by atoms with E-state index in [1.807, 2.05) is 0 Å². The van der Waals surface area contributed by atoms with Crippen LogP contribution in [0.4, 0.5) is 0 Å². The standard InChI is InChI=1S/C3H8N2O/c1-2-3(6)5-4/h2-3,5-6H,1,4H2. The molecule has 0 bridgehead atoms. The van der Waals surface area contributed by atoms with Gasteiger partial charge in [-0.05, 0) is 6.08 Å². The van der Waals surface area contributed by atoms with Crippen LogP contribution in [-0.4, -0.2) is 11.3 Å². The Balaban J connectivity index is 2.96. The van der Waals surface area contributed by atoms with E-state index >= 15 is 0 Å². The quantitative estimate of drug-likeness (QED) is 0.175. The first-order valence-electron chi connectivity index (χ1n) is 1.58. The predicted octanol–water partition coefficient (Wildman–Crippen LogP) is -1.05. The predicted molar refractivity (Wildman–Crippen MR) is 23.5 cm³/mol. The average molecular weight is 88.1 g/mol. The van der Waals surface area contributed by atoms with Gasteiger partial charge < -0.3 is 5.11 Å². The molecule has 6 heavy (non-hydrogen) atoms. The third-order valence-corrected chi connectivity index (χ3v) is 0.394. The fourth-order valence-corrected chi connectivity index (χ4v) is 0.0680. The number of aliphatic hydroxyl groups is 1. The summed E-state index contributed by atoms with van der Waals surface area (Å²) in [5.74, 6) is 4.71. The van der Waals surface area contributed by atoms with Gasteiger partial charge in [0.2, 0.25) is 0 Å². The molecule has 0 rings (SSSR count). The summed E-state index contributed by atoms with van der Waals surface area (Å²) in [7, 11) is 0. The molecule has 3 heteroatoms. The van der Waals surface area contributed by atoms with Crippen molar-refractivity contribution in [1.29, 1.82) is 0 Å². The maximum atomic E-state index is 8.31. The highest BCUT2D eigenvalue weighted by atomic mass is 16.3. The van der Waals surface area contributed by atoms with E-state index in [4.69, 9.17) is 10.9 Å². The van der Waals surface area contributed by atoms with Crippen molar-refractivity contribution in [3.05, 3.63) is 12.7 Å². The van der Waals surface area contributed by atoms with Crippen molar-refractivity contribution >= 4 is 0 Å². The Morgan fingerprint density at radius 3 is 2.50 bits per heavy atom. The van der Waals surface area contributed by atoms with E-state index < -0.39 is 6.23 Å². The maximum Gasteiger partial charge on any atom is 0.135 e. The fourth-order valence-electron chi connectivity index (χ4n) is 0.0680. The molecular formula is C3H8N2O. The normalized spacial score (nSPS) is 13.7. The summed E-state index contributed by atoms with van der Waals surface area (Å²) < 4.78 is 0. The van der Waals surface area contributed by atoms with Crippen molar-refractivity contribution in [1.82, 2.24) is 5.43 Å². The van der Waals surface area contributed by atoms with Crippen LogP contribution in [0.25, 0.3) is 0 Å². The first-order valence-corrected chi connectivity index (χ1v) is 1.58. The van der Waals surface area contributed by atoms with E-state index in [-0.39, 0.29) is 0 Å². The molecule has 0 saturated carbocycles. The molecule has 36 valence electrons. The zero-order valence-electron chi connectivity index (χ0n) is 3.39. The largest absolute Gasteiger partial charge is 0.374 e. The maximum absolute atomic E-state index is 8.31. The Kier molecular flexibility index (Phi) is 2.66. The number of rotatable bonds is 2. The summed E-state index contributed by atoms with van der Waals surface area (Å²) in [6, 6.07) is 0. The highest BCUT2D eigenvalue weighted by Crippen LogP contribution is 1.66. The van der Waals surface area contributed by atoms with Gasteiger partial charge in [0.05, 0.1) is 0 Å². The summed E-state index contributed by atoms with van der Waals surface area (Å²) >= 11 is 0. The molecule has 1 unspecified atom stereocenters. The molecule has 0 saturated heterocycles. The van der Waals surface area contributed by atoms with Gasteiger partial charge in [0.15, 0.2) is 0 Å². The van der Waals surface area contributed by atoms with Crippen molar-refractivity contribution < 1.29 is 5.11 Å². The molecule has 1 atom stereocenters. The van der Waals surface area contributed by atoms with Gasteiger partial charge in [-0.2, -0.15) is 0 Å². The van der Waals surface area contributed by atoms with Crippen molar-refractivity contribution in [3.8, 4) is 0 Å². The first kappa shape index (κ1) is 5.62. The molecule has 0 heterocycles. The molecule has 0 aliphatic carbocycles. The van der Waals surface area contributed by atoms with Crippen LogP contribution in [0, 0.1) is 0 Å². The number of hydrogen-bond donors (Lipinski definition) is 3. The molecule has 0 radical (unpaired) electrons. The highest BCUT2D eigenvalue weighted by Gasteiger charge is 1.84. The smallest absolute Gasteiger partial charge is 0.135 e. The third-order valence-electron chi connectivity index (χ3n) is 0.394. The lowest BCUT2D eigenvalue weighted by Gasteiger charge is -1.97. The number of aliphatic hydroxyl groups excluding tert-OH is 1. The van der Waals surface area contributed by atoms with Gasteiger partial charge in [0, 0.05) is 0 Å². The zero-order valence-corrected chi connectivity index (χ0v) is 3.39. The van der Waals surface area contributed by atoms with Gasteiger partial charge >= 0.3 is 0 Å². The number of hydrazine groups is 1. The summed E-state index contributed by atoms with van der Waals surface area (Å²) in [6.07, 6.45) is 0.519. The van der Waals surface area contributed by atoms with Crippen molar-refractivity contribution in [2.45, 2.75) is 6.23 Å². The Morgan fingerprint density at radius 1 is 2.00 bits per heavy atom. The zero-order chi connectivity index (χ0) is 4.99. The lowest BCUT2D eigenvalue weighted by atomic mass is 10.6. The Bertz CT molecular complexity index is 46.1. The molecule has 0 amide bonds. The topological polar surface area (TPSA) is 58.3 Å². The van der Waals surface area contributed by atoms with Crippen LogP contribution in [0.1, 0.15) is 0 Å². The third kappa shape index (κ3) is 1.90. The van der Waals surface area contributed by atoms with Gasteiger partial charge in [-0.3, -0.25) is 5.84 Å². The molecule has 0 aliphatic rings. The molecule has 0 aliphatic heterocycles. The van der Waals surface area contributed by atoms with E-state index in [2.05, 4.69) is 12.0 Å². The lowest BCUT2D eigenvalue weighted by Crippen LogP contribution is -2.32. The first-order chi connectivity index (χ1) is 2.81. The van der Waals surface area contributed by atoms with E-state index in [1.165, 1.54) is 6.08 Å². The van der Waals surface area contributed by atoms with E-state index in [0.29, 0.717) is 0 Å².